The van der Waals surface area contributed by atoms with Crippen LogP contribution in [0, 0.1) is 0 Å². The minimum Gasteiger partial charge on any atom is -0.322 e. The molecule has 0 aliphatic carbocycles. The number of rotatable bonds is 4. The van der Waals surface area contributed by atoms with E-state index in [0.29, 0.717) is 22.9 Å². The summed E-state index contributed by atoms with van der Waals surface area (Å²) in [5.74, 6) is 0.598. The Labute approximate surface area is 197 Å². The van der Waals surface area contributed by atoms with Gasteiger partial charge < -0.3 is 9.80 Å². The van der Waals surface area contributed by atoms with Gasteiger partial charge >= 0.3 is 0 Å². The summed E-state index contributed by atoms with van der Waals surface area (Å²) in [6, 6.07) is 23.5. The average Bonchev–Trinajstić information content (AvgIpc) is 3.34. The molecule has 1 fully saturated rings. The van der Waals surface area contributed by atoms with Crippen molar-refractivity contribution in [2.24, 2.45) is 0 Å². The van der Waals surface area contributed by atoms with E-state index in [1.807, 2.05) is 76.5 Å². The summed E-state index contributed by atoms with van der Waals surface area (Å²) in [6.45, 7) is 2.62. The zero-order chi connectivity index (χ0) is 22.2. The molecule has 2 atom stereocenters. The largest absolute Gasteiger partial charge is 0.322 e. The molecule has 5 rings (SSSR count). The lowest BCUT2D eigenvalue weighted by atomic mass is 10.1. The van der Waals surface area contributed by atoms with Crippen molar-refractivity contribution in [1.82, 2.24) is 4.90 Å². The third-order valence-corrected chi connectivity index (χ3v) is 7.61. The van der Waals surface area contributed by atoms with Crippen molar-refractivity contribution in [1.29, 1.82) is 0 Å². The first-order chi connectivity index (χ1) is 15.5. The van der Waals surface area contributed by atoms with Crippen molar-refractivity contribution in [2.45, 2.75) is 31.3 Å². The van der Waals surface area contributed by atoms with E-state index in [1.54, 1.807) is 11.8 Å². The van der Waals surface area contributed by atoms with Crippen molar-refractivity contribution < 1.29 is 9.59 Å². The highest BCUT2D eigenvalue weighted by molar-refractivity contribution is 8.00. The molecule has 0 unspecified atom stereocenters. The Morgan fingerprint density at radius 3 is 2.50 bits per heavy atom. The third kappa shape index (κ3) is 3.91. The molecule has 1 saturated heterocycles. The first-order valence-corrected chi connectivity index (χ1v) is 12.1. The highest BCUT2D eigenvalue weighted by atomic mass is 35.5. The fourth-order valence-corrected chi connectivity index (χ4v) is 5.81. The molecule has 3 aromatic rings. The molecule has 0 aromatic heterocycles. The summed E-state index contributed by atoms with van der Waals surface area (Å²) >= 11 is 7.61. The maximum atomic E-state index is 13.3. The number of hydrogen-bond donors (Lipinski definition) is 0. The second-order valence-electron chi connectivity index (χ2n) is 8.29. The van der Waals surface area contributed by atoms with E-state index >= 15 is 0 Å². The first kappa shape index (κ1) is 21.1. The number of anilines is 1. The van der Waals surface area contributed by atoms with Crippen LogP contribution in [0.5, 0.6) is 0 Å². The van der Waals surface area contributed by atoms with E-state index < -0.39 is 0 Å². The van der Waals surface area contributed by atoms with Crippen LogP contribution in [0.25, 0.3) is 0 Å². The Kier molecular flexibility index (Phi) is 5.70. The average molecular weight is 463 g/mol. The van der Waals surface area contributed by atoms with Gasteiger partial charge in [-0.2, -0.15) is 0 Å². The Bertz CT molecular complexity index is 1160. The summed E-state index contributed by atoms with van der Waals surface area (Å²) < 4.78 is 0. The number of carbonyl (C=O) groups is 2. The molecule has 2 amide bonds. The predicted octanol–water partition coefficient (Wildman–Crippen LogP) is 5.71. The molecule has 2 heterocycles. The predicted molar refractivity (Wildman–Crippen MR) is 130 cm³/mol. The van der Waals surface area contributed by atoms with Crippen molar-refractivity contribution >= 4 is 40.9 Å². The number of halogens is 1. The van der Waals surface area contributed by atoms with Gasteiger partial charge in [0.2, 0.25) is 5.91 Å². The molecule has 162 valence electrons. The van der Waals surface area contributed by atoms with Crippen molar-refractivity contribution in [2.75, 3.05) is 10.7 Å². The Hall–Kier alpha value is -2.76. The number of thioether (sulfide) groups is 1. The minimum absolute atomic E-state index is 0.0159. The van der Waals surface area contributed by atoms with Crippen LogP contribution in [0.1, 0.15) is 39.3 Å². The number of amides is 2. The van der Waals surface area contributed by atoms with Crippen LogP contribution < -0.4 is 4.90 Å². The van der Waals surface area contributed by atoms with Gasteiger partial charge in [-0.1, -0.05) is 54.1 Å². The quantitative estimate of drug-likeness (QED) is 0.499. The van der Waals surface area contributed by atoms with Crippen LogP contribution in [0.2, 0.25) is 5.02 Å². The van der Waals surface area contributed by atoms with E-state index in [4.69, 9.17) is 11.6 Å². The molecule has 0 bridgehead atoms. The van der Waals surface area contributed by atoms with Gasteiger partial charge in [-0.05, 0) is 60.4 Å². The maximum absolute atomic E-state index is 13.3. The number of hydrogen-bond acceptors (Lipinski definition) is 3. The van der Waals surface area contributed by atoms with E-state index in [2.05, 4.69) is 13.0 Å². The van der Waals surface area contributed by atoms with E-state index in [-0.39, 0.29) is 23.2 Å². The number of carbonyl (C=O) groups excluding carboxylic acids is 2. The molecule has 2 aliphatic rings. The molecule has 0 spiro atoms. The van der Waals surface area contributed by atoms with Gasteiger partial charge in [-0.15, -0.1) is 11.8 Å². The smallest absolute Gasteiger partial charge is 0.258 e. The summed E-state index contributed by atoms with van der Waals surface area (Å²) in [5.41, 5.74) is 4.95. The van der Waals surface area contributed by atoms with Gasteiger partial charge in [0, 0.05) is 28.9 Å². The highest BCUT2D eigenvalue weighted by Crippen LogP contribution is 2.40. The van der Waals surface area contributed by atoms with Crippen LogP contribution in [0.4, 0.5) is 5.69 Å². The SMILES string of the molecule is C[C@@H]1Cc2ccccc2N1C(=O)c1ccc([C@@H]2SCC(=O)N2Cc2ccc(Cl)cc2)cc1. The number of nitrogens with zero attached hydrogens (tertiary/aromatic N) is 2. The fraction of sp³-hybridized carbons (Fsp3) is 0.231. The van der Waals surface area contributed by atoms with E-state index in [0.717, 1.165) is 23.2 Å². The van der Waals surface area contributed by atoms with Crippen LogP contribution in [0.3, 0.4) is 0 Å². The van der Waals surface area contributed by atoms with Gasteiger partial charge in [-0.25, -0.2) is 0 Å². The van der Waals surface area contributed by atoms with Crippen molar-refractivity contribution in [3.05, 3.63) is 100 Å². The van der Waals surface area contributed by atoms with Gasteiger partial charge in [0.05, 0.1) is 5.75 Å². The first-order valence-electron chi connectivity index (χ1n) is 10.7. The lowest BCUT2D eigenvalue weighted by molar-refractivity contribution is -0.128. The minimum atomic E-state index is -0.0613. The zero-order valence-electron chi connectivity index (χ0n) is 17.7. The molecule has 6 heteroatoms. The lowest BCUT2D eigenvalue weighted by Crippen LogP contribution is -2.35. The Morgan fingerprint density at radius 2 is 1.75 bits per heavy atom. The summed E-state index contributed by atoms with van der Waals surface area (Å²) in [6.07, 6.45) is 0.875. The van der Waals surface area contributed by atoms with Crippen LogP contribution >= 0.6 is 23.4 Å². The lowest BCUT2D eigenvalue weighted by Gasteiger charge is -2.25. The van der Waals surface area contributed by atoms with Gasteiger partial charge in [0.15, 0.2) is 0 Å². The Morgan fingerprint density at radius 1 is 1.03 bits per heavy atom. The molecule has 0 saturated carbocycles. The van der Waals surface area contributed by atoms with E-state index in [1.165, 1.54) is 5.56 Å². The van der Waals surface area contributed by atoms with Crippen LogP contribution in [-0.4, -0.2) is 28.5 Å². The molecule has 3 aromatic carbocycles. The van der Waals surface area contributed by atoms with Gasteiger partial charge in [-0.3, -0.25) is 9.59 Å². The fourth-order valence-electron chi connectivity index (χ4n) is 4.49. The number of benzene rings is 3. The standard InChI is InChI=1S/C26H23ClN2O2S/c1-17-14-21-4-2-3-5-23(21)29(17)25(31)19-8-10-20(11-9-19)26-28(24(30)16-32-26)15-18-6-12-22(27)13-7-18/h2-13,17,26H,14-16H2,1H3/t17-,26+/m1/s1. The summed E-state index contributed by atoms with van der Waals surface area (Å²) in [7, 11) is 0. The second-order valence-corrected chi connectivity index (χ2v) is 9.80. The number of para-hydroxylation sites is 1. The molecule has 0 radical (unpaired) electrons. The van der Waals surface area contributed by atoms with Crippen LogP contribution in [0.15, 0.2) is 72.8 Å². The van der Waals surface area contributed by atoms with Crippen molar-refractivity contribution in [3.63, 3.8) is 0 Å². The van der Waals surface area contributed by atoms with Crippen LogP contribution in [-0.2, 0) is 17.8 Å². The zero-order valence-corrected chi connectivity index (χ0v) is 19.3. The third-order valence-electron chi connectivity index (χ3n) is 6.10. The van der Waals surface area contributed by atoms with Gasteiger partial charge in [0.25, 0.3) is 5.91 Å². The highest BCUT2D eigenvalue weighted by Gasteiger charge is 2.34. The van der Waals surface area contributed by atoms with Gasteiger partial charge in [0.1, 0.15) is 5.37 Å². The molecule has 2 aliphatic heterocycles. The molecular formula is C26H23ClN2O2S. The summed E-state index contributed by atoms with van der Waals surface area (Å²) in [4.78, 5) is 29.6. The normalized spacial score (nSPS) is 20.0. The second kappa shape index (κ2) is 8.64. The molecular weight excluding hydrogens is 440 g/mol. The van der Waals surface area contributed by atoms with E-state index in [9.17, 15) is 9.59 Å². The molecule has 0 N–H and O–H groups in total. The Balaban J connectivity index is 1.35. The van der Waals surface area contributed by atoms with Crippen molar-refractivity contribution in [3.8, 4) is 0 Å². The molecule has 32 heavy (non-hydrogen) atoms. The monoisotopic (exact) mass is 462 g/mol. The maximum Gasteiger partial charge on any atom is 0.258 e. The molecule has 4 nitrogen and oxygen atoms in total. The topological polar surface area (TPSA) is 40.6 Å². The number of fused-ring (bicyclic) bond motifs is 1. The summed E-state index contributed by atoms with van der Waals surface area (Å²) in [5, 5.41) is 0.622.